The minimum absolute atomic E-state index is 0.00662. The third kappa shape index (κ3) is 4.85. The summed E-state index contributed by atoms with van der Waals surface area (Å²) in [4.78, 5) is 11.6. The maximum Gasteiger partial charge on any atom is 0.307 e. The van der Waals surface area contributed by atoms with Crippen LogP contribution >= 0.6 is 0 Å². The summed E-state index contributed by atoms with van der Waals surface area (Å²) in [5.41, 5.74) is 5.99. The summed E-state index contributed by atoms with van der Waals surface area (Å²) < 4.78 is 5.16. The van der Waals surface area contributed by atoms with Crippen LogP contribution in [0.3, 0.4) is 0 Å². The molecule has 0 radical (unpaired) electrons. The molecule has 0 heterocycles. The highest BCUT2D eigenvalue weighted by Gasteiger charge is 2.23. The summed E-state index contributed by atoms with van der Waals surface area (Å²) in [5.74, 6) is -0.398. The third-order valence-electron chi connectivity index (χ3n) is 2.37. The first-order valence-corrected chi connectivity index (χ1v) is 6.00. The first-order valence-electron chi connectivity index (χ1n) is 6.00. The van der Waals surface area contributed by atoms with Gasteiger partial charge in [-0.3, -0.25) is 4.79 Å². The third-order valence-corrected chi connectivity index (χ3v) is 2.37. The lowest BCUT2D eigenvalue weighted by molar-refractivity contribution is -0.155. The number of hydrogen-bond acceptors (Lipinski definition) is 4. The second-order valence-corrected chi connectivity index (χ2v) is 5.31. The Kier molecular flexibility index (Phi) is 4.87. The molecule has 0 aliphatic carbocycles. The van der Waals surface area contributed by atoms with Gasteiger partial charge in [0.1, 0.15) is 5.60 Å². The van der Waals surface area contributed by atoms with E-state index in [0.29, 0.717) is 5.56 Å². The van der Waals surface area contributed by atoms with Gasteiger partial charge < -0.3 is 15.6 Å². The number of nitrogens with two attached hydrogens (primary N) is 1. The average Bonchev–Trinajstić information content (AvgIpc) is 2.26. The van der Waals surface area contributed by atoms with Crippen LogP contribution in [0.15, 0.2) is 30.3 Å². The van der Waals surface area contributed by atoms with E-state index >= 15 is 0 Å². The topological polar surface area (TPSA) is 72.5 Å². The van der Waals surface area contributed by atoms with Gasteiger partial charge in [0.2, 0.25) is 0 Å². The molecule has 4 nitrogen and oxygen atoms in total. The molecule has 3 N–H and O–H groups in total. The predicted octanol–water partition coefficient (Wildman–Crippen LogP) is 1.78. The zero-order chi connectivity index (χ0) is 13.8. The Balaban J connectivity index is 2.55. The average molecular weight is 251 g/mol. The van der Waals surface area contributed by atoms with E-state index in [1.54, 1.807) is 32.9 Å². The molecule has 0 aliphatic rings. The molecule has 0 amide bonds. The summed E-state index contributed by atoms with van der Waals surface area (Å²) in [6.45, 7) is 5.39. The van der Waals surface area contributed by atoms with Crippen LogP contribution in [0, 0.1) is 0 Å². The summed E-state index contributed by atoms with van der Waals surface area (Å²) in [5, 5.41) is 10.0. The van der Waals surface area contributed by atoms with E-state index in [2.05, 4.69) is 0 Å². The van der Waals surface area contributed by atoms with Gasteiger partial charge in [-0.25, -0.2) is 0 Å². The smallest absolute Gasteiger partial charge is 0.307 e. The summed E-state index contributed by atoms with van der Waals surface area (Å²) in [7, 11) is 0. The number of carbonyl (C=O) groups is 1. The largest absolute Gasteiger partial charge is 0.460 e. The molecule has 4 heteroatoms. The minimum atomic E-state index is -0.862. The standard InChI is InChI=1S/C14H21NO3/c1-14(2,3)18-12(16)9-11(15)13(17)10-7-5-4-6-8-10/h4-8,11,13,17H,9,15H2,1-3H3. The predicted molar refractivity (Wildman–Crippen MR) is 69.8 cm³/mol. The van der Waals surface area contributed by atoms with Gasteiger partial charge >= 0.3 is 5.97 Å². The van der Waals surface area contributed by atoms with Crippen molar-refractivity contribution in [3.8, 4) is 0 Å². The van der Waals surface area contributed by atoms with Crippen molar-refractivity contribution in [2.24, 2.45) is 5.73 Å². The number of ether oxygens (including phenoxy) is 1. The van der Waals surface area contributed by atoms with Crippen LogP contribution < -0.4 is 5.73 Å². The van der Waals surface area contributed by atoms with Crippen LogP contribution in [0.5, 0.6) is 0 Å². The number of esters is 1. The van der Waals surface area contributed by atoms with E-state index in [-0.39, 0.29) is 6.42 Å². The molecule has 0 saturated carbocycles. The van der Waals surface area contributed by atoms with Gasteiger partial charge in [0.05, 0.1) is 12.5 Å². The van der Waals surface area contributed by atoms with Crippen LogP contribution in [0.4, 0.5) is 0 Å². The number of carbonyl (C=O) groups excluding carboxylic acids is 1. The highest BCUT2D eigenvalue weighted by molar-refractivity contribution is 5.70. The van der Waals surface area contributed by atoms with E-state index < -0.39 is 23.7 Å². The number of benzene rings is 1. The molecule has 0 aromatic heterocycles. The zero-order valence-corrected chi connectivity index (χ0v) is 11.1. The Hall–Kier alpha value is -1.39. The van der Waals surface area contributed by atoms with Crippen molar-refractivity contribution >= 4 is 5.97 Å². The molecule has 2 atom stereocenters. The van der Waals surface area contributed by atoms with Gasteiger partial charge in [-0.05, 0) is 26.3 Å². The van der Waals surface area contributed by atoms with E-state index in [4.69, 9.17) is 10.5 Å². The number of hydrogen-bond donors (Lipinski definition) is 2. The summed E-state index contributed by atoms with van der Waals surface area (Å²) in [6.07, 6.45) is -0.869. The fraction of sp³-hybridized carbons (Fsp3) is 0.500. The maximum atomic E-state index is 11.6. The molecular formula is C14H21NO3. The molecule has 18 heavy (non-hydrogen) atoms. The molecule has 0 aliphatic heterocycles. The van der Waals surface area contributed by atoms with E-state index in [9.17, 15) is 9.90 Å². The Morgan fingerprint density at radius 3 is 2.39 bits per heavy atom. The van der Waals surface area contributed by atoms with Gasteiger partial charge in [0, 0.05) is 6.04 Å². The van der Waals surface area contributed by atoms with Crippen LogP contribution in [0.25, 0.3) is 0 Å². The van der Waals surface area contributed by atoms with Gasteiger partial charge in [0.15, 0.2) is 0 Å². The van der Waals surface area contributed by atoms with Gasteiger partial charge in [-0.1, -0.05) is 30.3 Å². The second kappa shape index (κ2) is 5.98. The molecule has 2 unspecified atom stereocenters. The van der Waals surface area contributed by atoms with E-state index in [0.717, 1.165) is 0 Å². The summed E-state index contributed by atoms with van der Waals surface area (Å²) in [6, 6.07) is 8.38. The SMILES string of the molecule is CC(C)(C)OC(=O)CC(N)C(O)c1ccccc1. The normalized spacial score (nSPS) is 14.9. The second-order valence-electron chi connectivity index (χ2n) is 5.31. The fourth-order valence-electron chi connectivity index (χ4n) is 1.58. The Bertz CT molecular complexity index is 384. The number of aliphatic hydroxyl groups is 1. The van der Waals surface area contributed by atoms with Crippen molar-refractivity contribution in [2.75, 3.05) is 0 Å². The van der Waals surface area contributed by atoms with Crippen LogP contribution in [-0.2, 0) is 9.53 Å². The number of rotatable bonds is 4. The van der Waals surface area contributed by atoms with Crippen LogP contribution in [-0.4, -0.2) is 22.7 Å². The molecule has 100 valence electrons. The van der Waals surface area contributed by atoms with Crippen LogP contribution in [0.2, 0.25) is 0 Å². The molecule has 0 spiro atoms. The zero-order valence-electron chi connectivity index (χ0n) is 11.1. The Morgan fingerprint density at radius 2 is 1.89 bits per heavy atom. The summed E-state index contributed by atoms with van der Waals surface area (Å²) >= 11 is 0. The van der Waals surface area contributed by atoms with Crippen molar-refractivity contribution < 1.29 is 14.6 Å². The highest BCUT2D eigenvalue weighted by Crippen LogP contribution is 2.18. The lowest BCUT2D eigenvalue weighted by Gasteiger charge is -2.23. The molecule has 1 rings (SSSR count). The van der Waals surface area contributed by atoms with Crippen molar-refractivity contribution in [3.05, 3.63) is 35.9 Å². The lowest BCUT2D eigenvalue weighted by Crippen LogP contribution is -2.34. The van der Waals surface area contributed by atoms with Crippen LogP contribution in [0.1, 0.15) is 38.9 Å². The fourth-order valence-corrected chi connectivity index (χ4v) is 1.58. The molecule has 0 saturated heterocycles. The van der Waals surface area contributed by atoms with E-state index in [1.165, 1.54) is 0 Å². The molecular weight excluding hydrogens is 230 g/mol. The van der Waals surface area contributed by atoms with Crippen molar-refractivity contribution in [3.63, 3.8) is 0 Å². The first-order chi connectivity index (χ1) is 8.29. The monoisotopic (exact) mass is 251 g/mol. The van der Waals surface area contributed by atoms with E-state index in [1.807, 2.05) is 18.2 Å². The number of aliphatic hydroxyl groups excluding tert-OH is 1. The van der Waals surface area contributed by atoms with Gasteiger partial charge in [-0.2, -0.15) is 0 Å². The molecule has 1 aromatic rings. The van der Waals surface area contributed by atoms with Crippen molar-refractivity contribution in [2.45, 2.75) is 44.9 Å². The van der Waals surface area contributed by atoms with Gasteiger partial charge in [-0.15, -0.1) is 0 Å². The molecule has 0 bridgehead atoms. The molecule has 1 aromatic carbocycles. The first kappa shape index (κ1) is 14.7. The maximum absolute atomic E-state index is 11.6. The quantitative estimate of drug-likeness (QED) is 0.800. The van der Waals surface area contributed by atoms with Crippen molar-refractivity contribution in [1.29, 1.82) is 0 Å². The van der Waals surface area contributed by atoms with Gasteiger partial charge in [0.25, 0.3) is 0 Å². The van der Waals surface area contributed by atoms with Crippen molar-refractivity contribution in [1.82, 2.24) is 0 Å². The highest BCUT2D eigenvalue weighted by atomic mass is 16.6. The minimum Gasteiger partial charge on any atom is -0.460 e. The lowest BCUT2D eigenvalue weighted by atomic mass is 10.0. The molecule has 0 fully saturated rings. The Labute approximate surface area is 108 Å². The Morgan fingerprint density at radius 1 is 1.33 bits per heavy atom.